The molecule has 1 heterocycles. The fourth-order valence-corrected chi connectivity index (χ4v) is 3.91. The van der Waals surface area contributed by atoms with E-state index in [2.05, 4.69) is 37.8 Å². The molecule has 1 unspecified atom stereocenters. The van der Waals surface area contributed by atoms with Crippen molar-refractivity contribution in [2.24, 2.45) is 0 Å². The van der Waals surface area contributed by atoms with E-state index in [0.717, 1.165) is 19.3 Å². The molecule has 1 aliphatic carbocycles. The van der Waals surface area contributed by atoms with Crippen molar-refractivity contribution in [3.8, 4) is 0 Å². The van der Waals surface area contributed by atoms with Crippen molar-refractivity contribution >= 4 is 0 Å². The molecule has 0 radical (unpaired) electrons. The lowest BCUT2D eigenvalue weighted by Gasteiger charge is -2.20. The van der Waals surface area contributed by atoms with Crippen molar-refractivity contribution in [2.45, 2.75) is 90.6 Å². The van der Waals surface area contributed by atoms with Crippen LogP contribution in [-0.4, -0.2) is 16.8 Å². The Morgan fingerprint density at radius 3 is 2.24 bits per heavy atom. The standard InChI is InChI=1S/C18H33N3/c1-5-15(19-4)18-16(6-2)20-21(17(18)7-3)14-12-10-8-9-11-13-14/h14-15,19H,5-13H2,1-4H3. The zero-order chi connectivity index (χ0) is 15.2. The number of hydrogen-bond acceptors (Lipinski definition) is 2. The van der Waals surface area contributed by atoms with Gasteiger partial charge in [0, 0.05) is 17.3 Å². The summed E-state index contributed by atoms with van der Waals surface area (Å²) in [6.45, 7) is 6.80. The van der Waals surface area contributed by atoms with Gasteiger partial charge in [-0.1, -0.05) is 46.5 Å². The number of nitrogens with zero attached hydrogens (tertiary/aromatic N) is 2. The van der Waals surface area contributed by atoms with Gasteiger partial charge in [0.05, 0.1) is 11.7 Å². The zero-order valence-electron chi connectivity index (χ0n) is 14.4. The third kappa shape index (κ3) is 3.50. The van der Waals surface area contributed by atoms with Crippen LogP contribution in [0, 0.1) is 0 Å². The van der Waals surface area contributed by atoms with Gasteiger partial charge in [0.25, 0.3) is 0 Å². The maximum Gasteiger partial charge on any atom is 0.0672 e. The van der Waals surface area contributed by atoms with E-state index in [0.29, 0.717) is 12.1 Å². The summed E-state index contributed by atoms with van der Waals surface area (Å²) in [7, 11) is 2.08. The summed E-state index contributed by atoms with van der Waals surface area (Å²) in [5, 5.41) is 8.55. The Labute approximate surface area is 130 Å². The zero-order valence-corrected chi connectivity index (χ0v) is 14.4. The highest BCUT2D eigenvalue weighted by Crippen LogP contribution is 2.33. The van der Waals surface area contributed by atoms with Crippen LogP contribution in [0.4, 0.5) is 0 Å². The lowest BCUT2D eigenvalue weighted by Crippen LogP contribution is -2.19. The smallest absolute Gasteiger partial charge is 0.0672 e. The van der Waals surface area contributed by atoms with Crippen LogP contribution in [0.5, 0.6) is 0 Å². The molecule has 1 atom stereocenters. The molecule has 0 saturated heterocycles. The van der Waals surface area contributed by atoms with Gasteiger partial charge >= 0.3 is 0 Å². The average molecular weight is 291 g/mol. The average Bonchev–Trinajstić information content (AvgIpc) is 2.69. The molecule has 1 fully saturated rings. The molecule has 0 bridgehead atoms. The van der Waals surface area contributed by atoms with Gasteiger partial charge < -0.3 is 5.32 Å². The van der Waals surface area contributed by atoms with Gasteiger partial charge in [-0.05, 0) is 39.2 Å². The Kier molecular flexibility index (Phi) is 6.28. The number of aromatic nitrogens is 2. The molecular formula is C18H33N3. The first-order valence-electron chi connectivity index (χ1n) is 9.04. The fraction of sp³-hybridized carbons (Fsp3) is 0.833. The molecule has 1 N–H and O–H groups in total. The highest BCUT2D eigenvalue weighted by molar-refractivity contribution is 5.31. The molecule has 0 amide bonds. The van der Waals surface area contributed by atoms with Gasteiger partial charge in [-0.2, -0.15) is 5.10 Å². The Bertz CT molecular complexity index is 424. The monoisotopic (exact) mass is 291 g/mol. The Morgan fingerprint density at radius 1 is 1.10 bits per heavy atom. The lowest BCUT2D eigenvalue weighted by molar-refractivity contribution is 0.391. The van der Waals surface area contributed by atoms with Gasteiger partial charge in [0.15, 0.2) is 0 Å². The molecule has 3 nitrogen and oxygen atoms in total. The molecule has 1 aromatic rings. The topological polar surface area (TPSA) is 29.9 Å². The molecule has 21 heavy (non-hydrogen) atoms. The first kappa shape index (κ1) is 16.5. The first-order chi connectivity index (χ1) is 10.3. The Balaban J connectivity index is 2.41. The highest BCUT2D eigenvalue weighted by Gasteiger charge is 2.25. The molecule has 0 aliphatic heterocycles. The number of aryl methyl sites for hydroxylation is 1. The molecule has 1 saturated carbocycles. The van der Waals surface area contributed by atoms with Crippen LogP contribution in [0.2, 0.25) is 0 Å². The van der Waals surface area contributed by atoms with E-state index in [1.165, 1.54) is 55.5 Å². The van der Waals surface area contributed by atoms with Crippen LogP contribution >= 0.6 is 0 Å². The minimum Gasteiger partial charge on any atom is -0.313 e. The van der Waals surface area contributed by atoms with Crippen LogP contribution in [-0.2, 0) is 12.8 Å². The summed E-state index contributed by atoms with van der Waals surface area (Å²) in [4.78, 5) is 0. The van der Waals surface area contributed by atoms with Crippen LogP contribution < -0.4 is 5.32 Å². The normalized spacial score (nSPS) is 18.7. The lowest BCUT2D eigenvalue weighted by atomic mass is 9.98. The molecule has 0 spiro atoms. The minimum atomic E-state index is 0.453. The molecule has 1 aliphatic rings. The molecule has 2 rings (SSSR count). The number of nitrogens with one attached hydrogen (secondary N) is 1. The highest BCUT2D eigenvalue weighted by atomic mass is 15.3. The van der Waals surface area contributed by atoms with Crippen molar-refractivity contribution in [1.82, 2.24) is 15.1 Å². The first-order valence-corrected chi connectivity index (χ1v) is 9.04. The third-order valence-corrected chi connectivity index (χ3v) is 5.07. The van der Waals surface area contributed by atoms with E-state index in [1.807, 2.05) is 0 Å². The van der Waals surface area contributed by atoms with Crippen molar-refractivity contribution in [1.29, 1.82) is 0 Å². The van der Waals surface area contributed by atoms with E-state index in [1.54, 1.807) is 0 Å². The minimum absolute atomic E-state index is 0.453. The molecule has 1 aromatic heterocycles. The summed E-state index contributed by atoms with van der Waals surface area (Å²) < 4.78 is 2.42. The van der Waals surface area contributed by atoms with Gasteiger partial charge in [0.2, 0.25) is 0 Å². The Hall–Kier alpha value is -0.830. The van der Waals surface area contributed by atoms with E-state index >= 15 is 0 Å². The molecule has 0 aromatic carbocycles. The van der Waals surface area contributed by atoms with Crippen molar-refractivity contribution in [3.63, 3.8) is 0 Å². The second kappa shape index (κ2) is 7.98. The number of rotatable bonds is 6. The quantitative estimate of drug-likeness (QED) is 0.778. The van der Waals surface area contributed by atoms with E-state index in [4.69, 9.17) is 5.10 Å². The second-order valence-electron chi connectivity index (χ2n) is 6.35. The summed E-state index contributed by atoms with van der Waals surface area (Å²) in [6.07, 6.45) is 11.4. The van der Waals surface area contributed by atoms with Crippen LogP contribution in [0.1, 0.15) is 94.8 Å². The predicted molar refractivity (Wildman–Crippen MR) is 89.8 cm³/mol. The SMILES string of the molecule is CCc1nn(C2CCCCCC2)c(CC)c1C(CC)NC. The Morgan fingerprint density at radius 2 is 1.76 bits per heavy atom. The van der Waals surface area contributed by atoms with E-state index < -0.39 is 0 Å². The van der Waals surface area contributed by atoms with E-state index in [-0.39, 0.29) is 0 Å². The van der Waals surface area contributed by atoms with Crippen molar-refractivity contribution < 1.29 is 0 Å². The van der Waals surface area contributed by atoms with Crippen molar-refractivity contribution in [2.75, 3.05) is 7.05 Å². The summed E-state index contributed by atoms with van der Waals surface area (Å²) in [5.41, 5.74) is 4.30. The second-order valence-corrected chi connectivity index (χ2v) is 6.35. The van der Waals surface area contributed by atoms with Gasteiger partial charge in [0.1, 0.15) is 0 Å². The fourth-order valence-electron chi connectivity index (χ4n) is 3.91. The van der Waals surface area contributed by atoms with Crippen LogP contribution in [0.15, 0.2) is 0 Å². The molecular weight excluding hydrogens is 258 g/mol. The van der Waals surface area contributed by atoms with E-state index in [9.17, 15) is 0 Å². The van der Waals surface area contributed by atoms with Crippen molar-refractivity contribution in [3.05, 3.63) is 17.0 Å². The summed E-state index contributed by atoms with van der Waals surface area (Å²) in [6, 6.07) is 1.09. The van der Waals surface area contributed by atoms with Crippen LogP contribution in [0.25, 0.3) is 0 Å². The third-order valence-electron chi connectivity index (χ3n) is 5.07. The summed E-state index contributed by atoms with van der Waals surface area (Å²) in [5.74, 6) is 0. The van der Waals surface area contributed by atoms with Crippen LogP contribution in [0.3, 0.4) is 0 Å². The maximum absolute atomic E-state index is 5.06. The van der Waals surface area contributed by atoms with Gasteiger partial charge in [-0.15, -0.1) is 0 Å². The predicted octanol–water partition coefficient (Wildman–Crippen LogP) is 4.57. The number of hydrogen-bond donors (Lipinski definition) is 1. The largest absolute Gasteiger partial charge is 0.313 e. The molecule has 3 heteroatoms. The summed E-state index contributed by atoms with van der Waals surface area (Å²) >= 11 is 0. The maximum atomic E-state index is 5.06. The van der Waals surface area contributed by atoms with Gasteiger partial charge in [-0.3, -0.25) is 4.68 Å². The molecule has 120 valence electrons. The van der Waals surface area contributed by atoms with Gasteiger partial charge in [-0.25, -0.2) is 0 Å².